The molecule has 0 saturated heterocycles. The first kappa shape index (κ1) is 40.6. The molecule has 2 heterocycles. The van der Waals surface area contributed by atoms with Crippen LogP contribution in [0, 0.1) is 17.0 Å². The number of carbonyl (C=O) groups excluding carboxylic acids is 1. The summed E-state index contributed by atoms with van der Waals surface area (Å²) in [6, 6.07) is 8.40. The summed E-state index contributed by atoms with van der Waals surface area (Å²) in [6.07, 6.45) is 3.11. The number of amides is 1. The molecule has 1 aromatic carbocycles. The minimum atomic E-state index is -4.56. The minimum absolute atomic E-state index is 0. The third-order valence-corrected chi connectivity index (χ3v) is 9.40. The second-order valence-corrected chi connectivity index (χ2v) is 12.8. The average Bonchev–Trinajstić information content (AvgIpc) is 3.35. The van der Waals surface area contributed by atoms with Crippen LogP contribution in [-0.4, -0.2) is 61.7 Å². The van der Waals surface area contributed by atoms with Crippen LogP contribution in [0.2, 0.25) is 0 Å². The minimum Gasteiger partial charge on any atom is -0.382 e. The molecule has 0 aliphatic rings. The van der Waals surface area contributed by atoms with E-state index < -0.39 is 32.2 Å². The molecule has 3 aromatic rings. The summed E-state index contributed by atoms with van der Waals surface area (Å²) >= 11 is 12.6. The maximum absolute atomic E-state index is 13.8. The summed E-state index contributed by atoms with van der Waals surface area (Å²) in [7, 11) is -4.56. The number of nitro groups is 1. The van der Waals surface area contributed by atoms with Crippen molar-refractivity contribution in [2.45, 2.75) is 37.5 Å². The molecule has 5 N–H and O–H groups in total. The Morgan fingerprint density at radius 3 is 2.31 bits per heavy atom. The van der Waals surface area contributed by atoms with Crippen LogP contribution >= 0.6 is 59.4 Å². The monoisotopic (exact) mass is 744 g/mol. The SMILES string of the molecule is Cc1csc([N+](=O)[O-])c1C(c1ccc(NC(=O)[C@@H](N)CCCCN)nc1)S(=O)(=O)Oc1ccc(N(CCCl)CCCl)cc1.Cl.Cl. The number of benzene rings is 1. The molecule has 0 aliphatic carbocycles. The van der Waals surface area contributed by atoms with E-state index in [1.807, 2.05) is 4.90 Å². The molecule has 1 amide bonds. The van der Waals surface area contributed by atoms with Crippen molar-refractivity contribution in [1.82, 2.24) is 4.98 Å². The number of hydrogen-bond acceptors (Lipinski definition) is 11. The Bertz CT molecular complexity index is 1470. The van der Waals surface area contributed by atoms with Crippen molar-refractivity contribution in [3.63, 3.8) is 0 Å². The maximum Gasteiger partial charge on any atom is 0.329 e. The molecule has 45 heavy (non-hydrogen) atoms. The maximum atomic E-state index is 13.8. The number of rotatable bonds is 17. The van der Waals surface area contributed by atoms with Crippen LogP contribution in [0.25, 0.3) is 0 Å². The Balaban J connectivity index is 0.00000506. The Hall–Kier alpha value is -2.43. The largest absolute Gasteiger partial charge is 0.382 e. The van der Waals surface area contributed by atoms with E-state index in [9.17, 15) is 23.3 Å². The fourth-order valence-electron chi connectivity index (χ4n) is 4.34. The first-order valence-electron chi connectivity index (χ1n) is 13.4. The summed E-state index contributed by atoms with van der Waals surface area (Å²) in [5.41, 5.74) is 12.7. The van der Waals surface area contributed by atoms with Crippen molar-refractivity contribution >= 4 is 91.9 Å². The Labute approximate surface area is 288 Å². The van der Waals surface area contributed by atoms with Gasteiger partial charge in [0.15, 0.2) is 5.25 Å². The third kappa shape index (κ3) is 11.1. The number of thiophene rings is 1. The third-order valence-electron chi connectivity index (χ3n) is 6.49. The van der Waals surface area contributed by atoms with Gasteiger partial charge in [0.1, 0.15) is 11.6 Å². The first-order chi connectivity index (χ1) is 20.5. The van der Waals surface area contributed by atoms with Crippen LogP contribution in [0.3, 0.4) is 0 Å². The molecule has 1 unspecified atom stereocenters. The second-order valence-electron chi connectivity index (χ2n) is 9.57. The molecule has 0 bridgehead atoms. The molecule has 0 spiro atoms. The topological polar surface area (TPSA) is 184 Å². The predicted octanol–water partition coefficient (Wildman–Crippen LogP) is 5.38. The lowest BCUT2D eigenvalue weighted by Gasteiger charge is -2.23. The van der Waals surface area contributed by atoms with E-state index in [0.717, 1.165) is 23.4 Å². The smallest absolute Gasteiger partial charge is 0.329 e. The highest BCUT2D eigenvalue weighted by Gasteiger charge is 2.39. The lowest BCUT2D eigenvalue weighted by molar-refractivity contribution is -0.380. The molecule has 0 aliphatic heterocycles. The second kappa shape index (κ2) is 19.3. The average molecular weight is 747 g/mol. The Morgan fingerprint density at radius 2 is 1.78 bits per heavy atom. The van der Waals surface area contributed by atoms with Gasteiger partial charge in [-0.05, 0) is 67.8 Å². The van der Waals surface area contributed by atoms with Crippen LogP contribution in [0.1, 0.15) is 41.2 Å². The van der Waals surface area contributed by atoms with Crippen molar-refractivity contribution in [2.24, 2.45) is 11.5 Å². The molecule has 0 saturated carbocycles. The van der Waals surface area contributed by atoms with Crippen molar-refractivity contribution in [2.75, 3.05) is 41.6 Å². The number of nitrogens with one attached hydrogen (secondary N) is 1. The molecule has 12 nitrogen and oxygen atoms in total. The number of anilines is 2. The van der Waals surface area contributed by atoms with Crippen molar-refractivity contribution in [1.29, 1.82) is 0 Å². The van der Waals surface area contributed by atoms with Crippen molar-refractivity contribution < 1.29 is 22.3 Å². The number of aryl methyl sites for hydroxylation is 1. The zero-order valence-electron chi connectivity index (χ0n) is 24.3. The summed E-state index contributed by atoms with van der Waals surface area (Å²) in [4.78, 5) is 29.9. The number of carbonyl (C=O) groups is 1. The van der Waals surface area contributed by atoms with E-state index >= 15 is 0 Å². The molecule has 3 rings (SSSR count). The normalized spacial score (nSPS) is 12.3. The van der Waals surface area contributed by atoms with Crippen molar-refractivity contribution in [3.8, 4) is 5.75 Å². The van der Waals surface area contributed by atoms with Gasteiger partial charge < -0.3 is 25.9 Å². The molecule has 250 valence electrons. The molecule has 2 aromatic heterocycles. The Morgan fingerprint density at radius 1 is 1.13 bits per heavy atom. The molecular weight excluding hydrogens is 710 g/mol. The lowest BCUT2D eigenvalue weighted by atomic mass is 10.0. The van der Waals surface area contributed by atoms with Gasteiger partial charge in [-0.25, -0.2) is 4.98 Å². The number of unbranched alkanes of at least 4 members (excludes halogenated alkanes) is 1. The van der Waals surface area contributed by atoms with E-state index in [0.29, 0.717) is 49.8 Å². The van der Waals surface area contributed by atoms with Gasteiger partial charge in [0.2, 0.25) is 5.91 Å². The first-order valence-corrected chi connectivity index (χ1v) is 16.8. The highest BCUT2D eigenvalue weighted by molar-refractivity contribution is 7.87. The van der Waals surface area contributed by atoms with Gasteiger partial charge in [-0.15, -0.1) is 48.0 Å². The lowest BCUT2D eigenvalue weighted by Crippen LogP contribution is -2.35. The zero-order valence-corrected chi connectivity index (χ0v) is 29.0. The van der Waals surface area contributed by atoms with Crippen LogP contribution in [0.5, 0.6) is 5.75 Å². The standard InChI is InChI=1S/C27H34Cl2N6O6S2.2ClH/c1-18-17-42-27(35(37)38)24(18)25(19-5-10-23(32-16-19)33-26(36)22(31)4-2-3-13-30)43(39,40)41-21-8-6-20(7-9-21)34(14-11-28)15-12-29;;/h5-10,16-17,22,25H,2-4,11-15,30-31H2,1H3,(H,32,33,36);2*1H/t22-,25?;;/m0../s1. The summed E-state index contributed by atoms with van der Waals surface area (Å²) in [5.74, 6) is 0.463. The number of hydrogen-bond donors (Lipinski definition) is 3. The van der Waals surface area contributed by atoms with Crippen LogP contribution in [0.15, 0.2) is 48.0 Å². The van der Waals surface area contributed by atoms with Gasteiger partial charge in [-0.1, -0.05) is 23.8 Å². The number of nitrogens with zero attached hydrogens (tertiary/aromatic N) is 3. The number of aromatic nitrogens is 1. The summed E-state index contributed by atoms with van der Waals surface area (Å²) in [6.45, 7) is 3.17. The van der Waals surface area contributed by atoms with Crippen molar-refractivity contribution in [3.05, 3.63) is 74.8 Å². The zero-order chi connectivity index (χ0) is 31.6. The fraction of sp³-hybridized carbons (Fsp3) is 0.407. The predicted molar refractivity (Wildman–Crippen MR) is 185 cm³/mol. The van der Waals surface area contributed by atoms with E-state index in [2.05, 4.69) is 10.3 Å². The van der Waals surface area contributed by atoms with Gasteiger partial charge in [-0.2, -0.15) is 8.42 Å². The highest BCUT2D eigenvalue weighted by Crippen LogP contribution is 2.42. The van der Waals surface area contributed by atoms with E-state index in [4.69, 9.17) is 38.9 Å². The van der Waals surface area contributed by atoms with E-state index in [1.54, 1.807) is 19.1 Å². The van der Waals surface area contributed by atoms with Gasteiger partial charge in [-0.3, -0.25) is 14.9 Å². The molecule has 0 radical (unpaired) electrons. The quantitative estimate of drug-likeness (QED) is 0.0533. The highest BCUT2D eigenvalue weighted by atomic mass is 35.5. The molecular formula is C27H36Cl4N6O6S2. The van der Waals surface area contributed by atoms with E-state index in [-0.39, 0.29) is 52.5 Å². The van der Waals surface area contributed by atoms with Gasteiger partial charge in [0.05, 0.1) is 16.5 Å². The number of pyridine rings is 1. The molecule has 18 heteroatoms. The van der Waals surface area contributed by atoms with E-state index in [1.165, 1.54) is 35.8 Å². The number of alkyl halides is 2. The van der Waals surface area contributed by atoms with Crippen LogP contribution in [-0.2, 0) is 14.9 Å². The molecule has 0 fully saturated rings. The molecule has 2 atom stereocenters. The number of nitrogens with two attached hydrogens (primary N) is 2. The van der Waals surface area contributed by atoms with Gasteiger partial charge >= 0.3 is 15.1 Å². The summed E-state index contributed by atoms with van der Waals surface area (Å²) in [5, 5.41) is 14.1. The van der Waals surface area contributed by atoms with Gasteiger partial charge in [0, 0.05) is 42.1 Å². The van der Waals surface area contributed by atoms with Crippen LogP contribution < -0.4 is 25.9 Å². The fourth-order valence-corrected chi connectivity index (χ4v) is 7.26. The number of halogens is 4. The summed E-state index contributed by atoms with van der Waals surface area (Å²) < 4.78 is 33.2. The van der Waals surface area contributed by atoms with Crippen LogP contribution in [0.4, 0.5) is 16.5 Å². The Kier molecular flexibility index (Phi) is 17.4. The van der Waals surface area contributed by atoms with Gasteiger partial charge in [0.25, 0.3) is 0 Å².